The number of methoxy groups -OCH3 is 1. The highest BCUT2D eigenvalue weighted by Gasteiger charge is 2.26. The lowest BCUT2D eigenvalue weighted by atomic mass is 10.1. The van der Waals surface area contributed by atoms with Crippen LogP contribution in [0.25, 0.3) is 0 Å². The Morgan fingerprint density at radius 2 is 1.67 bits per heavy atom. The summed E-state index contributed by atoms with van der Waals surface area (Å²) in [5.41, 5.74) is 3.85. The smallest absolute Gasteiger partial charge is 0.243 e. The molecule has 2 aromatic carbocycles. The molecular weight excluding hydrogens is 456 g/mol. The van der Waals surface area contributed by atoms with Crippen molar-refractivity contribution in [3.05, 3.63) is 59.2 Å². The maximum absolute atomic E-state index is 12.8. The van der Waals surface area contributed by atoms with E-state index in [1.165, 1.54) is 0 Å². The number of nitrogens with one attached hydrogen (secondary N) is 2. The number of nitrogens with zero attached hydrogens (tertiary/aromatic N) is 2. The van der Waals surface area contributed by atoms with Crippen LogP contribution >= 0.6 is 0 Å². The molecule has 1 atom stereocenters. The minimum atomic E-state index is -0.382. The first-order valence-corrected chi connectivity index (χ1v) is 12.6. The van der Waals surface area contributed by atoms with E-state index in [1.54, 1.807) is 7.11 Å². The van der Waals surface area contributed by atoms with Gasteiger partial charge < -0.3 is 20.3 Å². The second-order valence-corrected chi connectivity index (χ2v) is 9.33. The Morgan fingerprint density at radius 3 is 2.33 bits per heavy atom. The number of benzene rings is 2. The van der Waals surface area contributed by atoms with Crippen LogP contribution in [0.3, 0.4) is 0 Å². The number of amides is 3. The number of para-hydroxylation sites is 1. The van der Waals surface area contributed by atoms with Crippen molar-refractivity contribution in [3.63, 3.8) is 0 Å². The molecule has 0 bridgehead atoms. The molecule has 8 nitrogen and oxygen atoms in total. The van der Waals surface area contributed by atoms with Crippen molar-refractivity contribution in [1.29, 1.82) is 0 Å². The van der Waals surface area contributed by atoms with Crippen LogP contribution in [-0.4, -0.2) is 73.4 Å². The Labute approximate surface area is 214 Å². The average Bonchev–Trinajstić information content (AvgIpc) is 3.14. The van der Waals surface area contributed by atoms with E-state index in [9.17, 15) is 14.4 Å². The van der Waals surface area contributed by atoms with E-state index in [0.29, 0.717) is 32.5 Å². The maximum Gasteiger partial charge on any atom is 0.243 e. The van der Waals surface area contributed by atoms with Crippen LogP contribution in [0.5, 0.6) is 5.75 Å². The summed E-state index contributed by atoms with van der Waals surface area (Å²) >= 11 is 0. The summed E-state index contributed by atoms with van der Waals surface area (Å²) in [4.78, 5) is 41.9. The molecule has 0 spiro atoms. The van der Waals surface area contributed by atoms with E-state index in [2.05, 4.69) is 15.5 Å². The first kappa shape index (κ1) is 27.2. The van der Waals surface area contributed by atoms with Crippen LogP contribution in [0.2, 0.25) is 0 Å². The van der Waals surface area contributed by atoms with Gasteiger partial charge in [-0.3, -0.25) is 19.3 Å². The third-order valence-corrected chi connectivity index (χ3v) is 6.77. The normalized spacial score (nSPS) is 15.1. The molecule has 1 fully saturated rings. The molecule has 0 aliphatic carbocycles. The molecule has 2 N–H and O–H groups in total. The number of ether oxygens (including phenoxy) is 1. The molecule has 1 heterocycles. The Bertz CT molecular complexity index is 1030. The van der Waals surface area contributed by atoms with Crippen molar-refractivity contribution >= 4 is 23.4 Å². The summed E-state index contributed by atoms with van der Waals surface area (Å²) in [5, 5.41) is 5.65. The predicted octanol–water partition coefficient (Wildman–Crippen LogP) is 2.92. The van der Waals surface area contributed by atoms with Gasteiger partial charge in [-0.05, 0) is 62.4 Å². The van der Waals surface area contributed by atoms with Crippen molar-refractivity contribution in [2.75, 3.05) is 45.2 Å². The van der Waals surface area contributed by atoms with Gasteiger partial charge in [0.25, 0.3) is 0 Å². The Hall–Kier alpha value is -3.39. The Kier molecular flexibility index (Phi) is 9.87. The topological polar surface area (TPSA) is 91.0 Å². The molecule has 3 amide bonds. The van der Waals surface area contributed by atoms with Gasteiger partial charge in [0.2, 0.25) is 17.7 Å². The maximum atomic E-state index is 12.8. The minimum absolute atomic E-state index is 0.0826. The van der Waals surface area contributed by atoms with Gasteiger partial charge in [-0.15, -0.1) is 0 Å². The lowest BCUT2D eigenvalue weighted by Gasteiger charge is -2.27. The number of rotatable bonds is 9. The highest BCUT2D eigenvalue weighted by atomic mass is 16.5. The SMILES string of the molecule is COc1ccc(CCC(=O)N2CCCN(C(C)C(=O)NCC(=O)Nc3c(C)cccc3C)CC2)cc1. The fourth-order valence-corrected chi connectivity index (χ4v) is 4.45. The van der Waals surface area contributed by atoms with Gasteiger partial charge >= 0.3 is 0 Å². The molecule has 3 rings (SSSR count). The summed E-state index contributed by atoms with van der Waals surface area (Å²) in [6, 6.07) is 13.2. The van der Waals surface area contributed by atoms with Crippen LogP contribution in [0, 0.1) is 13.8 Å². The first-order valence-electron chi connectivity index (χ1n) is 12.6. The zero-order chi connectivity index (χ0) is 26.1. The van der Waals surface area contributed by atoms with Gasteiger partial charge in [0, 0.05) is 38.3 Å². The molecule has 36 heavy (non-hydrogen) atoms. The number of carbonyl (C=O) groups excluding carboxylic acids is 3. The van der Waals surface area contributed by atoms with Gasteiger partial charge in [-0.2, -0.15) is 0 Å². The lowest BCUT2D eigenvalue weighted by Crippen LogP contribution is -2.48. The number of hydrogen-bond acceptors (Lipinski definition) is 5. The highest BCUT2D eigenvalue weighted by Crippen LogP contribution is 2.19. The molecule has 2 aromatic rings. The summed E-state index contributed by atoms with van der Waals surface area (Å²) < 4.78 is 5.18. The Morgan fingerprint density at radius 1 is 0.972 bits per heavy atom. The molecule has 8 heteroatoms. The quantitative estimate of drug-likeness (QED) is 0.559. The summed E-state index contributed by atoms with van der Waals surface area (Å²) in [5.74, 6) is 0.495. The summed E-state index contributed by atoms with van der Waals surface area (Å²) in [6.07, 6.45) is 1.95. The minimum Gasteiger partial charge on any atom is -0.497 e. The van der Waals surface area contributed by atoms with Crippen LogP contribution in [0.4, 0.5) is 5.69 Å². The van der Waals surface area contributed by atoms with E-state index in [4.69, 9.17) is 4.74 Å². The first-order chi connectivity index (χ1) is 17.3. The van der Waals surface area contributed by atoms with Crippen molar-refractivity contribution in [1.82, 2.24) is 15.1 Å². The van der Waals surface area contributed by atoms with Crippen molar-refractivity contribution in [2.45, 2.75) is 46.1 Å². The zero-order valence-electron chi connectivity index (χ0n) is 21.8. The Balaban J connectivity index is 1.43. The molecule has 1 saturated heterocycles. The molecule has 0 radical (unpaired) electrons. The molecule has 0 aromatic heterocycles. The molecule has 1 unspecified atom stereocenters. The largest absolute Gasteiger partial charge is 0.497 e. The van der Waals surface area contributed by atoms with Gasteiger partial charge in [-0.1, -0.05) is 30.3 Å². The second-order valence-electron chi connectivity index (χ2n) is 9.33. The van der Waals surface area contributed by atoms with Crippen LogP contribution in [-0.2, 0) is 20.8 Å². The summed E-state index contributed by atoms with van der Waals surface area (Å²) in [7, 11) is 1.63. The van der Waals surface area contributed by atoms with Crippen LogP contribution in [0.1, 0.15) is 36.5 Å². The fraction of sp³-hybridized carbons (Fsp3) is 0.464. The van der Waals surface area contributed by atoms with E-state index < -0.39 is 0 Å². The monoisotopic (exact) mass is 494 g/mol. The third-order valence-electron chi connectivity index (χ3n) is 6.77. The number of hydrogen-bond donors (Lipinski definition) is 2. The molecule has 0 saturated carbocycles. The van der Waals surface area contributed by atoms with Crippen molar-refractivity contribution in [2.24, 2.45) is 0 Å². The number of carbonyl (C=O) groups is 3. The zero-order valence-corrected chi connectivity index (χ0v) is 21.8. The molecule has 194 valence electrons. The number of anilines is 1. The third kappa shape index (κ3) is 7.55. The lowest BCUT2D eigenvalue weighted by molar-refractivity contribution is -0.131. The van der Waals surface area contributed by atoms with E-state index in [0.717, 1.165) is 41.1 Å². The second kappa shape index (κ2) is 13.1. The van der Waals surface area contributed by atoms with E-state index >= 15 is 0 Å². The van der Waals surface area contributed by atoms with E-state index in [-0.39, 0.29) is 30.3 Å². The van der Waals surface area contributed by atoms with Gasteiger partial charge in [-0.25, -0.2) is 0 Å². The van der Waals surface area contributed by atoms with Crippen molar-refractivity contribution in [3.8, 4) is 5.75 Å². The van der Waals surface area contributed by atoms with Gasteiger partial charge in [0.15, 0.2) is 0 Å². The standard InChI is InChI=1S/C28H38N4O4/c1-20-7-5-8-21(2)27(20)30-25(33)19-29-28(35)22(3)31-15-6-16-32(18-17-31)26(34)14-11-23-9-12-24(36-4)13-10-23/h5,7-10,12-13,22H,6,11,14-19H2,1-4H3,(H,29,35)(H,30,33). The van der Waals surface area contributed by atoms with Crippen LogP contribution < -0.4 is 15.4 Å². The van der Waals surface area contributed by atoms with Gasteiger partial charge in [0.1, 0.15) is 5.75 Å². The van der Waals surface area contributed by atoms with Crippen LogP contribution in [0.15, 0.2) is 42.5 Å². The average molecular weight is 495 g/mol. The van der Waals surface area contributed by atoms with E-state index in [1.807, 2.05) is 68.1 Å². The van der Waals surface area contributed by atoms with Crippen molar-refractivity contribution < 1.29 is 19.1 Å². The molecular formula is C28H38N4O4. The predicted molar refractivity (Wildman–Crippen MR) is 141 cm³/mol. The van der Waals surface area contributed by atoms with Gasteiger partial charge in [0.05, 0.1) is 19.7 Å². The number of aryl methyl sites for hydroxylation is 3. The fourth-order valence-electron chi connectivity index (χ4n) is 4.45. The molecule has 1 aliphatic heterocycles. The highest BCUT2D eigenvalue weighted by molar-refractivity contribution is 5.96. The molecule has 1 aliphatic rings. The summed E-state index contributed by atoms with van der Waals surface area (Å²) in [6.45, 7) is 8.27.